The third kappa shape index (κ3) is 4.26. The summed E-state index contributed by atoms with van der Waals surface area (Å²) in [5.41, 5.74) is 1.25. The molecule has 0 saturated heterocycles. The number of rotatable bonds is 6. The number of ether oxygens (including phenoxy) is 3. The second kappa shape index (κ2) is 8.35. The van der Waals surface area contributed by atoms with E-state index in [4.69, 9.17) is 14.2 Å². The van der Waals surface area contributed by atoms with Crippen LogP contribution < -0.4 is 24.8 Å². The SMILES string of the molecule is COc1cc(NC(=O)Nc2cccc(SC)c2)cc(OC)c1OC. The summed E-state index contributed by atoms with van der Waals surface area (Å²) in [4.78, 5) is 13.3. The predicted molar refractivity (Wildman–Crippen MR) is 97.0 cm³/mol. The van der Waals surface area contributed by atoms with E-state index in [1.54, 1.807) is 23.9 Å². The van der Waals surface area contributed by atoms with Crippen LogP contribution in [-0.4, -0.2) is 33.6 Å². The molecule has 0 radical (unpaired) electrons. The highest BCUT2D eigenvalue weighted by Gasteiger charge is 2.14. The maximum atomic E-state index is 12.2. The van der Waals surface area contributed by atoms with Gasteiger partial charge in [0.2, 0.25) is 5.75 Å². The van der Waals surface area contributed by atoms with E-state index in [1.807, 2.05) is 30.5 Å². The molecule has 2 amide bonds. The lowest BCUT2D eigenvalue weighted by Crippen LogP contribution is -2.19. The number of hydrogen-bond donors (Lipinski definition) is 2. The van der Waals surface area contributed by atoms with Crippen molar-refractivity contribution in [2.24, 2.45) is 0 Å². The third-order valence-electron chi connectivity index (χ3n) is 3.25. The van der Waals surface area contributed by atoms with Crippen molar-refractivity contribution in [3.63, 3.8) is 0 Å². The van der Waals surface area contributed by atoms with Crippen LogP contribution in [0, 0.1) is 0 Å². The second-order valence-corrected chi connectivity index (χ2v) is 5.60. The van der Waals surface area contributed by atoms with Crippen molar-refractivity contribution in [1.29, 1.82) is 0 Å². The molecule has 0 aliphatic heterocycles. The highest BCUT2D eigenvalue weighted by Crippen LogP contribution is 2.39. The van der Waals surface area contributed by atoms with Gasteiger partial charge in [-0.05, 0) is 24.5 Å². The molecule has 0 atom stereocenters. The van der Waals surface area contributed by atoms with Crippen LogP contribution in [-0.2, 0) is 0 Å². The Bertz CT molecular complexity index is 696. The van der Waals surface area contributed by atoms with E-state index in [1.165, 1.54) is 21.3 Å². The fraction of sp³-hybridized carbons (Fsp3) is 0.235. The molecule has 2 aromatic rings. The quantitative estimate of drug-likeness (QED) is 0.770. The molecular formula is C17H20N2O4S. The highest BCUT2D eigenvalue weighted by atomic mass is 32.2. The molecule has 0 saturated carbocycles. The Morgan fingerprint density at radius 2 is 1.54 bits per heavy atom. The summed E-state index contributed by atoms with van der Waals surface area (Å²) in [6.45, 7) is 0. The highest BCUT2D eigenvalue weighted by molar-refractivity contribution is 7.98. The van der Waals surface area contributed by atoms with Gasteiger partial charge in [0.1, 0.15) is 0 Å². The van der Waals surface area contributed by atoms with Gasteiger partial charge in [0.15, 0.2) is 11.5 Å². The van der Waals surface area contributed by atoms with Crippen molar-refractivity contribution in [3.05, 3.63) is 36.4 Å². The zero-order valence-electron chi connectivity index (χ0n) is 14.0. The summed E-state index contributed by atoms with van der Waals surface area (Å²) in [5.74, 6) is 1.41. The molecule has 0 heterocycles. The van der Waals surface area contributed by atoms with Crippen LogP contribution >= 0.6 is 11.8 Å². The van der Waals surface area contributed by atoms with Crippen LogP contribution in [0.15, 0.2) is 41.3 Å². The van der Waals surface area contributed by atoms with Gasteiger partial charge in [-0.25, -0.2) is 4.79 Å². The Morgan fingerprint density at radius 3 is 2.08 bits per heavy atom. The van der Waals surface area contributed by atoms with Crippen LogP contribution in [0.3, 0.4) is 0 Å². The summed E-state index contributed by atoms with van der Waals surface area (Å²) in [5, 5.41) is 5.55. The number of urea groups is 1. The first-order valence-corrected chi connectivity index (χ1v) is 8.35. The summed E-state index contributed by atoms with van der Waals surface area (Å²) in [6, 6.07) is 10.6. The van der Waals surface area contributed by atoms with Crippen LogP contribution in [0.4, 0.5) is 16.2 Å². The molecule has 0 fully saturated rings. The van der Waals surface area contributed by atoms with Crippen LogP contribution in [0.25, 0.3) is 0 Å². The van der Waals surface area contributed by atoms with Crippen molar-refractivity contribution in [1.82, 2.24) is 0 Å². The molecule has 6 nitrogen and oxygen atoms in total. The fourth-order valence-corrected chi connectivity index (χ4v) is 2.61. The fourth-order valence-electron chi connectivity index (χ4n) is 2.15. The van der Waals surface area contributed by atoms with Gasteiger partial charge in [0.25, 0.3) is 0 Å². The molecule has 24 heavy (non-hydrogen) atoms. The van der Waals surface area contributed by atoms with Gasteiger partial charge in [-0.3, -0.25) is 0 Å². The van der Waals surface area contributed by atoms with Gasteiger partial charge in [0, 0.05) is 22.7 Å². The number of hydrogen-bond acceptors (Lipinski definition) is 5. The average Bonchev–Trinajstić information content (AvgIpc) is 2.60. The van der Waals surface area contributed by atoms with Gasteiger partial charge in [-0.1, -0.05) is 6.07 Å². The van der Waals surface area contributed by atoms with Crippen LogP contribution in [0.2, 0.25) is 0 Å². The lowest BCUT2D eigenvalue weighted by Gasteiger charge is -2.15. The van der Waals surface area contributed by atoms with E-state index >= 15 is 0 Å². The van der Waals surface area contributed by atoms with E-state index < -0.39 is 0 Å². The van der Waals surface area contributed by atoms with Crippen molar-refractivity contribution >= 4 is 29.2 Å². The van der Waals surface area contributed by atoms with Gasteiger partial charge >= 0.3 is 6.03 Å². The minimum Gasteiger partial charge on any atom is -0.493 e. The number of carbonyl (C=O) groups is 1. The molecule has 128 valence electrons. The summed E-state index contributed by atoms with van der Waals surface area (Å²) >= 11 is 1.61. The predicted octanol–water partition coefficient (Wildman–Crippen LogP) is 4.08. The summed E-state index contributed by atoms with van der Waals surface area (Å²) < 4.78 is 15.8. The zero-order chi connectivity index (χ0) is 17.5. The molecule has 2 N–H and O–H groups in total. The van der Waals surface area contributed by atoms with E-state index in [2.05, 4.69) is 10.6 Å². The monoisotopic (exact) mass is 348 g/mol. The first-order chi connectivity index (χ1) is 11.6. The van der Waals surface area contributed by atoms with Gasteiger partial charge in [-0.15, -0.1) is 11.8 Å². The van der Waals surface area contributed by atoms with Crippen molar-refractivity contribution in [2.45, 2.75) is 4.90 Å². The minimum atomic E-state index is -0.359. The Morgan fingerprint density at radius 1 is 0.917 bits per heavy atom. The van der Waals surface area contributed by atoms with E-state index in [0.717, 1.165) is 4.90 Å². The first-order valence-electron chi connectivity index (χ1n) is 7.13. The summed E-state index contributed by atoms with van der Waals surface area (Å²) in [7, 11) is 4.57. The average molecular weight is 348 g/mol. The van der Waals surface area contributed by atoms with Crippen molar-refractivity contribution < 1.29 is 19.0 Å². The molecule has 2 aromatic carbocycles. The Balaban J connectivity index is 2.16. The van der Waals surface area contributed by atoms with E-state index in [9.17, 15) is 4.79 Å². The first kappa shape index (κ1) is 17.8. The van der Waals surface area contributed by atoms with Gasteiger partial charge in [0.05, 0.1) is 27.0 Å². The largest absolute Gasteiger partial charge is 0.493 e. The number of amides is 2. The van der Waals surface area contributed by atoms with Crippen molar-refractivity contribution in [3.8, 4) is 17.2 Å². The van der Waals surface area contributed by atoms with Crippen LogP contribution in [0.5, 0.6) is 17.2 Å². The summed E-state index contributed by atoms with van der Waals surface area (Å²) in [6.07, 6.45) is 1.98. The number of benzene rings is 2. The van der Waals surface area contributed by atoms with E-state index in [0.29, 0.717) is 28.6 Å². The number of thioether (sulfide) groups is 1. The molecule has 0 unspecified atom stereocenters. The lowest BCUT2D eigenvalue weighted by atomic mass is 10.2. The maximum absolute atomic E-state index is 12.2. The van der Waals surface area contributed by atoms with Crippen molar-refractivity contribution in [2.75, 3.05) is 38.2 Å². The van der Waals surface area contributed by atoms with Gasteiger partial charge < -0.3 is 24.8 Å². The lowest BCUT2D eigenvalue weighted by molar-refractivity contribution is 0.262. The molecule has 0 spiro atoms. The zero-order valence-corrected chi connectivity index (χ0v) is 14.8. The molecule has 0 aromatic heterocycles. The van der Waals surface area contributed by atoms with Gasteiger partial charge in [-0.2, -0.15) is 0 Å². The molecular weight excluding hydrogens is 328 g/mol. The molecule has 7 heteroatoms. The molecule has 0 aliphatic carbocycles. The second-order valence-electron chi connectivity index (χ2n) is 4.73. The normalized spacial score (nSPS) is 10.0. The number of methoxy groups -OCH3 is 3. The minimum absolute atomic E-state index is 0.359. The maximum Gasteiger partial charge on any atom is 0.323 e. The Labute approximate surface area is 145 Å². The molecule has 2 rings (SSSR count). The standard InChI is InChI=1S/C17H20N2O4S/c1-21-14-9-12(10-15(22-2)16(14)23-3)19-17(20)18-11-6-5-7-13(8-11)24-4/h5-10H,1-4H3,(H2,18,19,20). The number of anilines is 2. The Kier molecular flexibility index (Phi) is 6.20. The number of carbonyl (C=O) groups excluding carboxylic acids is 1. The third-order valence-corrected chi connectivity index (χ3v) is 3.98. The topological polar surface area (TPSA) is 68.8 Å². The Hall–Kier alpha value is -2.54. The smallest absolute Gasteiger partial charge is 0.323 e. The van der Waals surface area contributed by atoms with E-state index in [-0.39, 0.29) is 6.03 Å². The molecule has 0 bridgehead atoms. The number of nitrogens with one attached hydrogen (secondary N) is 2. The molecule has 0 aliphatic rings. The van der Waals surface area contributed by atoms with Crippen LogP contribution in [0.1, 0.15) is 0 Å².